The van der Waals surface area contributed by atoms with Crippen LogP contribution in [0.3, 0.4) is 0 Å². The summed E-state index contributed by atoms with van der Waals surface area (Å²) in [5.74, 6) is -0.0794. The number of rotatable bonds is 5. The van der Waals surface area contributed by atoms with Crippen LogP contribution in [0.5, 0.6) is 0 Å². The standard InChI is InChI=1S/C7H8.C7H12.C6H14N2O2.C2H6/c1-7-5-3-2-4-6-7;1-4-6-7(3)5-2;1-5(9)8-3-2-6(10)4-7;1-2/h2-6H,1H3;4-6H,1-3H3;6,10H,2-4,7H2,1H3,(H,8,9);1-2H3/b;6-4-,7-5-;;. The average molecular weight is 365 g/mol. The van der Waals surface area contributed by atoms with E-state index in [1.54, 1.807) is 0 Å². The maximum atomic E-state index is 10.3. The molecule has 1 atom stereocenters. The van der Waals surface area contributed by atoms with Crippen LogP contribution in [0, 0.1) is 6.92 Å². The van der Waals surface area contributed by atoms with Crippen molar-refractivity contribution in [2.45, 2.75) is 61.0 Å². The first-order chi connectivity index (χ1) is 12.4. The molecule has 0 aliphatic heterocycles. The van der Waals surface area contributed by atoms with Crippen LogP contribution in [0.4, 0.5) is 0 Å². The second-order valence-corrected chi connectivity index (χ2v) is 5.35. The van der Waals surface area contributed by atoms with Gasteiger partial charge in [-0.15, -0.1) is 0 Å². The van der Waals surface area contributed by atoms with E-state index in [4.69, 9.17) is 10.8 Å². The molecule has 1 amide bonds. The summed E-state index contributed by atoms with van der Waals surface area (Å²) in [4.78, 5) is 10.3. The monoisotopic (exact) mass is 364 g/mol. The van der Waals surface area contributed by atoms with Crippen LogP contribution in [0.15, 0.2) is 54.1 Å². The lowest BCUT2D eigenvalue weighted by Gasteiger charge is -2.06. The van der Waals surface area contributed by atoms with Crippen LogP contribution < -0.4 is 11.1 Å². The zero-order chi connectivity index (χ0) is 20.8. The molecular weight excluding hydrogens is 324 g/mol. The first kappa shape index (κ1) is 28.9. The molecule has 4 nitrogen and oxygen atoms in total. The molecule has 0 spiro atoms. The molecule has 0 heterocycles. The van der Waals surface area contributed by atoms with Gasteiger partial charge >= 0.3 is 0 Å². The van der Waals surface area contributed by atoms with E-state index in [9.17, 15) is 4.79 Å². The fourth-order valence-electron chi connectivity index (χ4n) is 1.43. The van der Waals surface area contributed by atoms with Crippen molar-refractivity contribution in [1.82, 2.24) is 5.32 Å². The van der Waals surface area contributed by atoms with Gasteiger partial charge < -0.3 is 16.2 Å². The molecular formula is C22H40N2O2. The number of aliphatic hydroxyl groups is 1. The first-order valence-corrected chi connectivity index (χ1v) is 9.27. The number of benzene rings is 1. The Hall–Kier alpha value is -1.91. The largest absolute Gasteiger partial charge is 0.392 e. The first-order valence-electron chi connectivity index (χ1n) is 9.27. The number of hydrogen-bond acceptors (Lipinski definition) is 3. The zero-order valence-corrected chi connectivity index (χ0v) is 17.8. The molecule has 0 fully saturated rings. The Bertz CT molecular complexity index is 468. The number of hydrogen-bond donors (Lipinski definition) is 3. The molecule has 0 aliphatic carbocycles. The Balaban J connectivity index is -0.000000296. The topological polar surface area (TPSA) is 75.3 Å². The van der Waals surface area contributed by atoms with Crippen LogP contribution in [-0.2, 0) is 4.79 Å². The minimum absolute atomic E-state index is 0.0794. The van der Waals surface area contributed by atoms with E-state index < -0.39 is 6.10 Å². The van der Waals surface area contributed by atoms with Gasteiger partial charge in [-0.25, -0.2) is 0 Å². The van der Waals surface area contributed by atoms with E-state index in [-0.39, 0.29) is 12.5 Å². The third kappa shape index (κ3) is 27.0. The predicted octanol–water partition coefficient (Wildman–Crippen LogP) is 4.38. The minimum atomic E-state index is -0.494. The molecule has 150 valence electrons. The molecule has 26 heavy (non-hydrogen) atoms. The van der Waals surface area contributed by atoms with Crippen molar-refractivity contribution in [2.24, 2.45) is 5.73 Å². The number of aryl methyl sites for hydroxylation is 1. The summed E-state index contributed by atoms with van der Waals surface area (Å²) in [5.41, 5.74) is 7.77. The van der Waals surface area contributed by atoms with Crippen LogP contribution in [0.2, 0.25) is 0 Å². The highest BCUT2D eigenvalue weighted by atomic mass is 16.3. The fraction of sp³-hybridized carbons (Fsp3) is 0.500. The number of carbonyl (C=O) groups excluding carboxylic acids is 1. The van der Waals surface area contributed by atoms with Crippen molar-refractivity contribution >= 4 is 5.91 Å². The van der Waals surface area contributed by atoms with E-state index >= 15 is 0 Å². The predicted molar refractivity (Wildman–Crippen MR) is 115 cm³/mol. The van der Waals surface area contributed by atoms with Gasteiger partial charge in [0.2, 0.25) is 5.91 Å². The van der Waals surface area contributed by atoms with E-state index in [1.807, 2.05) is 52.0 Å². The molecule has 1 unspecified atom stereocenters. The van der Waals surface area contributed by atoms with Gasteiger partial charge in [0.1, 0.15) is 0 Å². The lowest BCUT2D eigenvalue weighted by Crippen LogP contribution is -2.28. The van der Waals surface area contributed by atoms with Gasteiger partial charge in [0, 0.05) is 20.0 Å². The van der Waals surface area contributed by atoms with E-state index in [0.29, 0.717) is 13.0 Å². The normalized spacial score (nSPS) is 11.0. The number of aliphatic hydroxyl groups excluding tert-OH is 1. The van der Waals surface area contributed by atoms with Gasteiger partial charge in [0.05, 0.1) is 6.10 Å². The number of amides is 1. The number of allylic oxidation sites excluding steroid dienone is 4. The second-order valence-electron chi connectivity index (χ2n) is 5.35. The van der Waals surface area contributed by atoms with Gasteiger partial charge in [-0.05, 0) is 34.1 Å². The second kappa shape index (κ2) is 23.1. The summed E-state index contributed by atoms with van der Waals surface area (Å²) in [6, 6.07) is 10.3. The molecule has 1 aromatic carbocycles. The van der Waals surface area contributed by atoms with E-state index in [2.05, 4.69) is 43.4 Å². The maximum absolute atomic E-state index is 10.3. The zero-order valence-electron chi connectivity index (χ0n) is 17.8. The average Bonchev–Trinajstić information content (AvgIpc) is 2.64. The molecule has 0 saturated carbocycles. The number of nitrogens with two attached hydrogens (primary N) is 1. The summed E-state index contributed by atoms with van der Waals surface area (Å²) in [5, 5.41) is 11.5. The molecule has 0 saturated heterocycles. The number of nitrogens with one attached hydrogen (secondary N) is 1. The molecule has 4 heteroatoms. The smallest absolute Gasteiger partial charge is 0.216 e. The van der Waals surface area contributed by atoms with Crippen LogP contribution in [0.1, 0.15) is 53.5 Å². The van der Waals surface area contributed by atoms with Gasteiger partial charge in [0.15, 0.2) is 0 Å². The van der Waals surface area contributed by atoms with Crippen molar-refractivity contribution in [3.05, 3.63) is 59.7 Å². The van der Waals surface area contributed by atoms with Crippen LogP contribution in [-0.4, -0.2) is 30.2 Å². The third-order valence-electron chi connectivity index (χ3n) is 2.95. The fourth-order valence-corrected chi connectivity index (χ4v) is 1.43. The molecule has 0 aromatic heterocycles. The lowest BCUT2D eigenvalue weighted by atomic mass is 10.2. The molecule has 1 aromatic rings. The van der Waals surface area contributed by atoms with Crippen molar-refractivity contribution in [1.29, 1.82) is 0 Å². The highest BCUT2D eigenvalue weighted by molar-refractivity contribution is 5.72. The van der Waals surface area contributed by atoms with Crippen LogP contribution in [0.25, 0.3) is 0 Å². The van der Waals surface area contributed by atoms with E-state index in [0.717, 1.165) is 0 Å². The third-order valence-corrected chi connectivity index (χ3v) is 2.95. The Morgan fingerprint density at radius 3 is 2.00 bits per heavy atom. The highest BCUT2D eigenvalue weighted by Gasteiger charge is 1.99. The Morgan fingerprint density at radius 2 is 1.73 bits per heavy atom. The van der Waals surface area contributed by atoms with Gasteiger partial charge in [-0.2, -0.15) is 0 Å². The Morgan fingerprint density at radius 1 is 1.19 bits per heavy atom. The quantitative estimate of drug-likeness (QED) is 0.679. The Kier molecular flexibility index (Phi) is 25.6. The van der Waals surface area contributed by atoms with Gasteiger partial charge in [0.25, 0.3) is 0 Å². The molecule has 4 N–H and O–H groups in total. The summed E-state index contributed by atoms with van der Waals surface area (Å²) < 4.78 is 0. The van der Waals surface area contributed by atoms with Gasteiger partial charge in [-0.3, -0.25) is 4.79 Å². The SMILES string of the molecule is C/C=C\C(C)=C/C.CC.CC(=O)NCCC(O)CN.Cc1ccccc1. The highest BCUT2D eigenvalue weighted by Crippen LogP contribution is 1.92. The molecule has 0 bridgehead atoms. The molecule has 0 aliphatic rings. The molecule has 0 radical (unpaired) electrons. The lowest BCUT2D eigenvalue weighted by molar-refractivity contribution is -0.119. The van der Waals surface area contributed by atoms with E-state index in [1.165, 1.54) is 18.1 Å². The summed E-state index contributed by atoms with van der Waals surface area (Å²) in [6.07, 6.45) is 6.23. The number of carbonyl (C=O) groups is 1. The molecule has 1 rings (SSSR count). The summed E-state index contributed by atoms with van der Waals surface area (Å²) in [6.45, 7) is 14.4. The van der Waals surface area contributed by atoms with Crippen molar-refractivity contribution in [3.8, 4) is 0 Å². The van der Waals surface area contributed by atoms with Crippen LogP contribution >= 0.6 is 0 Å². The maximum Gasteiger partial charge on any atom is 0.216 e. The van der Waals surface area contributed by atoms with Crippen molar-refractivity contribution < 1.29 is 9.90 Å². The Labute approximate surface area is 161 Å². The minimum Gasteiger partial charge on any atom is -0.392 e. The van der Waals surface area contributed by atoms with Crippen molar-refractivity contribution in [3.63, 3.8) is 0 Å². The van der Waals surface area contributed by atoms with Crippen molar-refractivity contribution in [2.75, 3.05) is 13.1 Å². The van der Waals surface area contributed by atoms with Gasteiger partial charge in [-0.1, -0.05) is 73.5 Å². The summed E-state index contributed by atoms with van der Waals surface area (Å²) in [7, 11) is 0. The summed E-state index contributed by atoms with van der Waals surface area (Å²) >= 11 is 0.